The highest BCUT2D eigenvalue weighted by Gasteiger charge is 2.10. The molecule has 7 nitrogen and oxygen atoms in total. The zero-order valence-electron chi connectivity index (χ0n) is 13.0. The van der Waals surface area contributed by atoms with Gasteiger partial charge in [0.2, 0.25) is 5.91 Å². The maximum Gasteiger partial charge on any atom is 0.311 e. The van der Waals surface area contributed by atoms with E-state index in [2.05, 4.69) is 26.9 Å². The van der Waals surface area contributed by atoms with Crippen molar-refractivity contribution in [3.8, 4) is 0 Å². The van der Waals surface area contributed by atoms with Crippen molar-refractivity contribution in [2.75, 3.05) is 12.9 Å². The lowest BCUT2D eigenvalue weighted by molar-refractivity contribution is -0.139. The number of nitrogens with one attached hydrogen (secondary N) is 2. The molecule has 1 aromatic heterocycles. The molecule has 22 heavy (non-hydrogen) atoms. The van der Waals surface area contributed by atoms with Gasteiger partial charge in [-0.2, -0.15) is 0 Å². The van der Waals surface area contributed by atoms with Crippen LogP contribution in [-0.4, -0.2) is 40.7 Å². The standard InChI is InChI=1S/C14H21N3O4S/c1-4-5-9(2)15-12(19)8-22-14-16-10(6-11(18)17-14)7-13(20)21-3/h6,9H,4-5,7-8H2,1-3H3,(H,15,19)(H,16,17,18)/t9-/m0/s1. The van der Waals surface area contributed by atoms with Gasteiger partial charge < -0.3 is 15.0 Å². The van der Waals surface area contributed by atoms with Crippen molar-refractivity contribution in [3.05, 3.63) is 22.1 Å². The molecule has 2 N–H and O–H groups in total. The second-order valence-electron chi connectivity index (χ2n) is 4.84. The van der Waals surface area contributed by atoms with E-state index in [9.17, 15) is 14.4 Å². The number of H-pyrrole nitrogens is 1. The molecule has 1 atom stereocenters. The Morgan fingerprint density at radius 3 is 2.86 bits per heavy atom. The first-order valence-corrected chi connectivity index (χ1v) is 8.02. The van der Waals surface area contributed by atoms with Gasteiger partial charge in [0.25, 0.3) is 5.56 Å². The van der Waals surface area contributed by atoms with Gasteiger partial charge >= 0.3 is 5.97 Å². The molecule has 1 heterocycles. The first kappa shape index (κ1) is 18.2. The summed E-state index contributed by atoms with van der Waals surface area (Å²) < 4.78 is 4.54. The van der Waals surface area contributed by atoms with Crippen molar-refractivity contribution >= 4 is 23.6 Å². The molecule has 0 saturated carbocycles. The Hall–Kier alpha value is -1.83. The van der Waals surface area contributed by atoms with Crippen LogP contribution in [0.25, 0.3) is 0 Å². The second-order valence-corrected chi connectivity index (χ2v) is 5.80. The first-order valence-electron chi connectivity index (χ1n) is 7.03. The third-order valence-corrected chi connectivity index (χ3v) is 3.67. The van der Waals surface area contributed by atoms with Crippen LogP contribution < -0.4 is 10.9 Å². The van der Waals surface area contributed by atoms with Crippen LogP contribution in [0.3, 0.4) is 0 Å². The van der Waals surface area contributed by atoms with E-state index in [4.69, 9.17) is 0 Å². The van der Waals surface area contributed by atoms with Gasteiger partial charge in [-0.3, -0.25) is 14.4 Å². The van der Waals surface area contributed by atoms with Gasteiger partial charge in [-0.15, -0.1) is 0 Å². The van der Waals surface area contributed by atoms with Crippen molar-refractivity contribution in [1.29, 1.82) is 0 Å². The van der Waals surface area contributed by atoms with Gasteiger partial charge in [-0.25, -0.2) is 4.98 Å². The molecule has 0 aliphatic carbocycles. The highest BCUT2D eigenvalue weighted by molar-refractivity contribution is 7.99. The van der Waals surface area contributed by atoms with Crippen LogP contribution in [0.15, 0.2) is 16.0 Å². The Bertz CT molecular complexity index is 573. The van der Waals surface area contributed by atoms with E-state index in [1.807, 2.05) is 6.92 Å². The summed E-state index contributed by atoms with van der Waals surface area (Å²) in [7, 11) is 1.27. The molecule has 1 aromatic rings. The third kappa shape index (κ3) is 6.75. The molecule has 0 spiro atoms. The summed E-state index contributed by atoms with van der Waals surface area (Å²) in [5, 5.41) is 3.18. The molecule has 8 heteroatoms. The highest BCUT2D eigenvalue weighted by Crippen LogP contribution is 2.11. The number of esters is 1. The number of carbonyl (C=O) groups is 2. The van der Waals surface area contributed by atoms with E-state index in [1.165, 1.54) is 13.2 Å². The Balaban J connectivity index is 2.60. The number of hydrogen-bond donors (Lipinski definition) is 2. The average Bonchev–Trinajstić information content (AvgIpc) is 2.44. The summed E-state index contributed by atoms with van der Waals surface area (Å²) in [6.45, 7) is 4.00. The summed E-state index contributed by atoms with van der Waals surface area (Å²) in [6, 6.07) is 1.36. The van der Waals surface area contributed by atoms with Gasteiger partial charge in [-0.1, -0.05) is 25.1 Å². The molecule has 0 aliphatic heterocycles. The quantitative estimate of drug-likeness (QED) is 0.418. The minimum absolute atomic E-state index is 0.0757. The maximum atomic E-state index is 11.8. The second kappa shape index (κ2) is 9.24. The molecule has 0 bridgehead atoms. The third-order valence-electron chi connectivity index (χ3n) is 2.80. The van der Waals surface area contributed by atoms with Crippen molar-refractivity contribution < 1.29 is 14.3 Å². The van der Waals surface area contributed by atoms with Crippen LogP contribution in [0.2, 0.25) is 0 Å². The fraction of sp³-hybridized carbons (Fsp3) is 0.571. The fourth-order valence-corrected chi connectivity index (χ4v) is 2.52. The predicted molar refractivity (Wildman–Crippen MR) is 83.8 cm³/mol. The maximum absolute atomic E-state index is 11.8. The van der Waals surface area contributed by atoms with Crippen molar-refractivity contribution in [2.45, 2.75) is 44.3 Å². The van der Waals surface area contributed by atoms with E-state index in [-0.39, 0.29) is 29.7 Å². The number of aromatic nitrogens is 2. The van der Waals surface area contributed by atoms with Crippen molar-refractivity contribution in [1.82, 2.24) is 15.3 Å². The Morgan fingerprint density at radius 1 is 1.50 bits per heavy atom. The number of carbonyl (C=O) groups excluding carboxylic acids is 2. The van der Waals surface area contributed by atoms with Gasteiger partial charge in [0, 0.05) is 12.1 Å². The van der Waals surface area contributed by atoms with E-state index in [0.717, 1.165) is 24.6 Å². The summed E-state index contributed by atoms with van der Waals surface area (Å²) in [6.07, 6.45) is 1.84. The SMILES string of the molecule is CCC[C@H](C)NC(=O)CSc1nc(CC(=O)OC)cc(=O)[nH]1. The molecule has 0 aromatic carbocycles. The zero-order chi connectivity index (χ0) is 16.5. The van der Waals surface area contributed by atoms with Crippen molar-refractivity contribution in [3.63, 3.8) is 0 Å². The predicted octanol–water partition coefficient (Wildman–Crippen LogP) is 0.882. The smallest absolute Gasteiger partial charge is 0.311 e. The van der Waals surface area contributed by atoms with Gasteiger partial charge in [0.05, 0.1) is 25.0 Å². The Morgan fingerprint density at radius 2 is 2.23 bits per heavy atom. The minimum Gasteiger partial charge on any atom is -0.469 e. The summed E-state index contributed by atoms with van der Waals surface area (Å²) in [5.74, 6) is -0.439. The average molecular weight is 327 g/mol. The molecular weight excluding hydrogens is 306 g/mol. The molecule has 1 amide bonds. The summed E-state index contributed by atoms with van der Waals surface area (Å²) in [4.78, 5) is 41.2. The van der Waals surface area contributed by atoms with Gasteiger partial charge in [-0.05, 0) is 13.3 Å². The largest absolute Gasteiger partial charge is 0.469 e. The topological polar surface area (TPSA) is 101 Å². The lowest BCUT2D eigenvalue weighted by Gasteiger charge is -2.12. The monoisotopic (exact) mass is 327 g/mol. The number of methoxy groups -OCH3 is 1. The number of thioether (sulfide) groups is 1. The number of rotatable bonds is 8. The Labute approximate surface area is 133 Å². The summed E-state index contributed by atoms with van der Waals surface area (Å²) >= 11 is 1.12. The van der Waals surface area contributed by atoms with Crippen LogP contribution in [0.1, 0.15) is 32.4 Å². The van der Waals surface area contributed by atoms with Crippen molar-refractivity contribution in [2.24, 2.45) is 0 Å². The lowest BCUT2D eigenvalue weighted by atomic mass is 10.2. The molecule has 0 radical (unpaired) electrons. The van der Waals surface area contributed by atoms with E-state index in [1.54, 1.807) is 0 Å². The van der Waals surface area contributed by atoms with Crippen LogP contribution in [0, 0.1) is 0 Å². The normalized spacial score (nSPS) is 11.8. The molecule has 1 rings (SSSR count). The molecule has 0 saturated heterocycles. The van der Waals surface area contributed by atoms with E-state index >= 15 is 0 Å². The molecular formula is C14H21N3O4S. The van der Waals surface area contributed by atoms with Crippen LogP contribution in [0.5, 0.6) is 0 Å². The number of aromatic amines is 1. The minimum atomic E-state index is -0.472. The fourth-order valence-electron chi connectivity index (χ4n) is 1.82. The highest BCUT2D eigenvalue weighted by atomic mass is 32.2. The van der Waals surface area contributed by atoms with Gasteiger partial charge in [0.15, 0.2) is 5.16 Å². The molecule has 122 valence electrons. The number of ether oxygens (including phenoxy) is 1. The Kier molecular flexibility index (Phi) is 7.65. The molecule has 0 fully saturated rings. The number of amides is 1. The molecule has 0 aliphatic rings. The summed E-state index contributed by atoms with van der Waals surface area (Å²) in [5.41, 5.74) is -0.0472. The van der Waals surface area contributed by atoms with Crippen LogP contribution in [0.4, 0.5) is 0 Å². The van der Waals surface area contributed by atoms with E-state index < -0.39 is 5.97 Å². The molecule has 0 unspecified atom stereocenters. The van der Waals surface area contributed by atoms with Crippen LogP contribution >= 0.6 is 11.8 Å². The lowest BCUT2D eigenvalue weighted by Crippen LogP contribution is -2.33. The van der Waals surface area contributed by atoms with Gasteiger partial charge in [0.1, 0.15) is 0 Å². The van der Waals surface area contributed by atoms with E-state index in [0.29, 0.717) is 10.9 Å². The number of hydrogen-bond acceptors (Lipinski definition) is 6. The van der Waals surface area contributed by atoms with Crippen LogP contribution in [-0.2, 0) is 20.7 Å². The first-order chi connectivity index (χ1) is 10.4. The zero-order valence-corrected chi connectivity index (χ0v) is 13.8. The number of nitrogens with zero attached hydrogens (tertiary/aromatic N) is 1.